The molecule has 44 heavy (non-hydrogen) atoms. The molecule has 1 aromatic heterocycles. The van der Waals surface area contributed by atoms with Crippen LogP contribution in [0.25, 0.3) is 21.5 Å². The summed E-state index contributed by atoms with van der Waals surface area (Å²) in [4.78, 5) is 8.51. The largest absolute Gasteiger partial charge is 0.505 e. The highest BCUT2D eigenvalue weighted by Gasteiger charge is 2.26. The van der Waals surface area contributed by atoms with Crippen molar-refractivity contribution < 1.29 is 44.0 Å². The van der Waals surface area contributed by atoms with Crippen LogP contribution >= 0.6 is 23.2 Å². The Morgan fingerprint density at radius 2 is 1.30 bits per heavy atom. The summed E-state index contributed by atoms with van der Waals surface area (Å²) in [7, 11) is -15.1. The maximum absolute atomic E-state index is 12.4. The van der Waals surface area contributed by atoms with Crippen LogP contribution in [0.2, 0.25) is 10.6 Å². The Kier molecular flexibility index (Phi) is 7.93. The number of phenols is 1. The zero-order valence-electron chi connectivity index (χ0n) is 21.2. The number of halogens is 2. The molecular weight excluding hydrogens is 687 g/mol. The second-order valence-electron chi connectivity index (χ2n) is 8.72. The highest BCUT2D eigenvalue weighted by molar-refractivity contribution is 7.86. The first-order chi connectivity index (χ1) is 20.4. The van der Waals surface area contributed by atoms with Gasteiger partial charge in [0.15, 0.2) is 5.75 Å². The molecule has 0 radical (unpaired) electrons. The smallest absolute Gasteiger partial charge is 0.296 e. The maximum Gasteiger partial charge on any atom is 0.296 e. The van der Waals surface area contributed by atoms with Crippen molar-refractivity contribution in [2.75, 3.05) is 5.32 Å². The fraction of sp³-hybridized carbons (Fsp3) is 0. The van der Waals surface area contributed by atoms with Crippen LogP contribution in [0.5, 0.6) is 5.75 Å². The van der Waals surface area contributed by atoms with Crippen molar-refractivity contribution in [3.05, 3.63) is 65.2 Å². The summed E-state index contributed by atoms with van der Waals surface area (Å²) in [5, 5.41) is 20.5. The van der Waals surface area contributed by atoms with Crippen LogP contribution in [0.1, 0.15) is 0 Å². The van der Waals surface area contributed by atoms with Crippen LogP contribution in [0.3, 0.4) is 0 Å². The SMILES string of the molecule is O=S(=O)(O)c1cc(Nc2nc(Cl)nc(Cl)n2)c2c(O)c(N=Nc3c(S(=O)(=O)O)ccc4ccccc34)c(S(=O)(=O)O)cc2c1. The molecule has 4 aromatic carbocycles. The first-order valence-electron chi connectivity index (χ1n) is 11.5. The average molecular weight is 702 g/mol. The van der Waals surface area contributed by atoms with Crippen molar-refractivity contribution in [3.8, 4) is 5.75 Å². The summed E-state index contributed by atoms with van der Waals surface area (Å²) >= 11 is 11.6. The normalized spacial score (nSPS) is 12.8. The number of anilines is 2. The number of nitrogens with one attached hydrogen (secondary N) is 1. The van der Waals surface area contributed by atoms with E-state index in [9.17, 15) is 44.0 Å². The number of aromatic nitrogens is 3. The molecule has 0 atom stereocenters. The lowest BCUT2D eigenvalue weighted by Crippen LogP contribution is -2.05. The minimum Gasteiger partial charge on any atom is -0.505 e. The number of hydrogen-bond donors (Lipinski definition) is 5. The van der Waals surface area contributed by atoms with Gasteiger partial charge in [-0.15, -0.1) is 10.2 Å². The van der Waals surface area contributed by atoms with Crippen LogP contribution < -0.4 is 5.32 Å². The lowest BCUT2D eigenvalue weighted by atomic mass is 10.1. The summed E-state index contributed by atoms with van der Waals surface area (Å²) in [6.45, 7) is 0. The first kappa shape index (κ1) is 31.3. The molecule has 0 amide bonds. The first-order valence-corrected chi connectivity index (χ1v) is 16.5. The Morgan fingerprint density at radius 3 is 1.91 bits per heavy atom. The number of benzene rings is 4. The molecule has 21 heteroatoms. The van der Waals surface area contributed by atoms with E-state index >= 15 is 0 Å². The molecule has 1 heterocycles. The summed E-state index contributed by atoms with van der Waals surface area (Å²) in [6, 6.07) is 10.9. The highest BCUT2D eigenvalue weighted by Crippen LogP contribution is 2.46. The van der Waals surface area contributed by atoms with Gasteiger partial charge in [-0.25, -0.2) is 0 Å². The number of aromatic hydroxyl groups is 1. The molecule has 0 bridgehead atoms. The zero-order valence-corrected chi connectivity index (χ0v) is 25.1. The number of rotatable bonds is 7. The molecule has 5 aromatic rings. The number of azo groups is 1. The van der Waals surface area contributed by atoms with Crippen molar-refractivity contribution in [2.24, 2.45) is 10.2 Å². The van der Waals surface area contributed by atoms with Crippen molar-refractivity contribution >= 4 is 98.1 Å². The minimum absolute atomic E-state index is 0.156. The molecule has 0 saturated heterocycles. The Morgan fingerprint density at radius 1 is 0.682 bits per heavy atom. The Hall–Kier alpha value is -4.08. The lowest BCUT2D eigenvalue weighted by molar-refractivity contribution is 0.472. The molecule has 0 fully saturated rings. The fourth-order valence-corrected chi connectivity index (χ4v) is 6.35. The van der Waals surface area contributed by atoms with Gasteiger partial charge in [-0.1, -0.05) is 30.3 Å². The second kappa shape index (κ2) is 11.1. The van der Waals surface area contributed by atoms with E-state index in [-0.39, 0.29) is 38.4 Å². The topological polar surface area (TPSA) is 259 Å². The van der Waals surface area contributed by atoms with Gasteiger partial charge < -0.3 is 10.4 Å². The summed E-state index contributed by atoms with van der Waals surface area (Å²) in [6.07, 6.45) is 0. The van der Waals surface area contributed by atoms with Gasteiger partial charge in [0.1, 0.15) is 21.2 Å². The Labute approximate surface area is 257 Å². The van der Waals surface area contributed by atoms with Gasteiger partial charge in [-0.2, -0.15) is 40.2 Å². The summed E-state index contributed by atoms with van der Waals surface area (Å²) < 4.78 is 103. The van der Waals surface area contributed by atoms with Gasteiger partial charge >= 0.3 is 0 Å². The third-order valence-electron chi connectivity index (χ3n) is 5.92. The van der Waals surface area contributed by atoms with E-state index in [1.165, 1.54) is 18.2 Å². The third kappa shape index (κ3) is 6.25. The Bertz CT molecular complexity index is 2370. The quantitative estimate of drug-likeness (QED) is 0.109. The van der Waals surface area contributed by atoms with Crippen LogP contribution in [-0.4, -0.2) is 59.0 Å². The molecule has 228 valence electrons. The van der Waals surface area contributed by atoms with Gasteiger partial charge in [0, 0.05) is 10.8 Å². The number of nitrogens with zero attached hydrogens (tertiary/aromatic N) is 5. The van der Waals surface area contributed by atoms with Gasteiger partial charge in [0.05, 0.1) is 10.6 Å². The van der Waals surface area contributed by atoms with E-state index in [1.807, 2.05) is 0 Å². The van der Waals surface area contributed by atoms with Crippen LogP contribution in [0.15, 0.2) is 79.5 Å². The van der Waals surface area contributed by atoms with Gasteiger partial charge in [-0.3, -0.25) is 13.7 Å². The van der Waals surface area contributed by atoms with Crippen molar-refractivity contribution in [3.63, 3.8) is 0 Å². The van der Waals surface area contributed by atoms with Crippen LogP contribution in [0, 0.1) is 0 Å². The molecule has 0 unspecified atom stereocenters. The molecule has 0 spiro atoms. The van der Waals surface area contributed by atoms with Crippen molar-refractivity contribution in [2.45, 2.75) is 14.7 Å². The molecule has 0 aliphatic rings. The Balaban J connectivity index is 1.85. The monoisotopic (exact) mass is 700 g/mol. The number of hydrogen-bond acceptors (Lipinski definition) is 13. The summed E-state index contributed by atoms with van der Waals surface area (Å²) in [5.41, 5.74) is -1.74. The standard InChI is InChI=1S/C23H14Cl2N6O10S3/c24-21-27-22(25)29-23(28-21)26-14-9-12(42(33,34)35)7-11-8-16(44(39,40)41)19(20(32)17(11)14)31-30-18-13-4-2-1-3-10(13)5-6-15(18)43(36,37)38/h1-9,32H,(H,33,34,35)(H,36,37,38)(H,39,40,41)(H,26,27,28,29). The van der Waals surface area contributed by atoms with Crippen molar-refractivity contribution in [1.29, 1.82) is 0 Å². The van der Waals surface area contributed by atoms with Crippen molar-refractivity contribution in [1.82, 2.24) is 15.0 Å². The molecule has 0 saturated carbocycles. The molecule has 0 aliphatic heterocycles. The van der Waals surface area contributed by atoms with Crippen LogP contribution in [-0.2, 0) is 30.4 Å². The predicted octanol–water partition coefficient (Wildman–Crippen LogP) is 5.09. The van der Waals surface area contributed by atoms with E-state index < -0.39 is 62.2 Å². The maximum atomic E-state index is 12.4. The number of phenolic OH excluding ortho intramolecular Hbond substituents is 1. The molecule has 5 rings (SSSR count). The van der Waals surface area contributed by atoms with E-state index in [2.05, 4.69) is 30.5 Å². The van der Waals surface area contributed by atoms with Crippen LogP contribution in [0.4, 0.5) is 23.0 Å². The number of fused-ring (bicyclic) bond motifs is 2. The molecule has 5 N–H and O–H groups in total. The fourth-order valence-electron chi connectivity index (χ4n) is 4.15. The van der Waals surface area contributed by atoms with E-state index in [0.717, 1.165) is 18.2 Å². The summed E-state index contributed by atoms with van der Waals surface area (Å²) in [5.74, 6) is -1.40. The van der Waals surface area contributed by atoms with Gasteiger partial charge in [0.2, 0.25) is 16.5 Å². The van der Waals surface area contributed by atoms with Gasteiger partial charge in [-0.05, 0) is 58.2 Å². The average Bonchev–Trinajstić information content (AvgIpc) is 2.89. The molecule has 16 nitrogen and oxygen atoms in total. The minimum atomic E-state index is -5.25. The predicted molar refractivity (Wildman–Crippen MR) is 156 cm³/mol. The lowest BCUT2D eigenvalue weighted by Gasteiger charge is -2.15. The van der Waals surface area contributed by atoms with E-state index in [1.54, 1.807) is 12.1 Å². The zero-order chi connectivity index (χ0) is 32.2. The van der Waals surface area contributed by atoms with Gasteiger partial charge in [0.25, 0.3) is 30.4 Å². The molecule has 0 aliphatic carbocycles. The third-order valence-corrected chi connectivity index (χ3v) is 8.84. The van der Waals surface area contributed by atoms with E-state index in [4.69, 9.17) is 23.2 Å². The second-order valence-corrected chi connectivity index (χ2v) is 13.6. The highest BCUT2D eigenvalue weighted by atomic mass is 35.5. The molecular formula is C23H14Cl2N6O10S3. The van der Waals surface area contributed by atoms with E-state index in [0.29, 0.717) is 11.5 Å².